The van der Waals surface area contributed by atoms with E-state index in [9.17, 15) is 30.6 Å². The average molecular weight is 1010 g/mol. The first kappa shape index (κ1) is 63.9. The summed E-state index contributed by atoms with van der Waals surface area (Å²) in [5.41, 5.74) is 16.6. The SMILES string of the molecule is CC#N.CC#N.Cc1ccc(N)cc1.Cc1ccc(N)cc1.[O-2].[O-2].[O-]c1ccccc1N(c1ccccc1[O-])c1ccccc1[O-].[O-]c1ccccc1N(c1ccccc1[O-])c1ccccc1[O-].[V].[V]. The second-order valence-corrected chi connectivity index (χ2v) is 13.7. The molecule has 8 aromatic rings. The van der Waals surface area contributed by atoms with E-state index in [2.05, 4.69) is 0 Å². The molecule has 0 bridgehead atoms. The number of anilines is 8. The molecule has 0 aliphatic rings. The topological polar surface area (TPSA) is 301 Å². The van der Waals surface area contributed by atoms with Crippen LogP contribution in [0.25, 0.3) is 0 Å². The minimum atomic E-state index is -0.256. The van der Waals surface area contributed by atoms with E-state index in [1.165, 1.54) is 71.2 Å². The molecule has 0 atom stereocenters. The number of para-hydroxylation sites is 12. The van der Waals surface area contributed by atoms with Gasteiger partial charge in [0.2, 0.25) is 0 Å². The number of nitrogens with two attached hydrogens (primary N) is 2. The van der Waals surface area contributed by atoms with Crippen molar-refractivity contribution >= 4 is 45.5 Å². The molecular weight excluding hydrogens is 963 g/mol. The quantitative estimate of drug-likeness (QED) is 0.148. The van der Waals surface area contributed by atoms with E-state index >= 15 is 0 Å². The molecule has 0 saturated carbocycles. The summed E-state index contributed by atoms with van der Waals surface area (Å²) in [7, 11) is 0. The second-order valence-electron chi connectivity index (χ2n) is 13.7. The predicted octanol–water partition coefficient (Wildman–Crippen LogP) is 8.73. The molecule has 16 heteroatoms. The molecule has 0 unspecified atom stereocenters. The van der Waals surface area contributed by atoms with Gasteiger partial charge in [-0.3, -0.25) is 0 Å². The molecule has 0 spiro atoms. The Bertz CT molecular complexity index is 2360. The van der Waals surface area contributed by atoms with Gasteiger partial charge in [0.15, 0.2) is 0 Å². The van der Waals surface area contributed by atoms with Crippen LogP contribution >= 0.6 is 0 Å². The number of nitrogen functional groups attached to an aromatic ring is 2. The molecule has 0 amide bonds. The molecule has 0 aromatic heterocycles. The standard InChI is InChI=1S/2C18H15NO3.2C7H9N.2C2H3N.2O.2V/c2*20-16-10-4-1-7-13(16)19(14-8-2-5-11-17(14)21)15-9-3-6-12-18(15)22;2*1-6-2-4-7(8)5-3-6;2*1-2-3;;;;/h2*1-12,20-22H;2*2-5H,8H2,1H3;2*1H3;;;;/q;;;;;;2*-2;;/p-6. The molecule has 4 N–H and O–H groups in total. The maximum absolute atomic E-state index is 12.2. The Labute approximate surface area is 433 Å². The number of aryl methyl sites for hydroxylation is 2. The third kappa shape index (κ3) is 20.0. The Hall–Kier alpha value is -8.17. The fraction of sp³-hybridized carbons (Fsp3) is 0.0741. The van der Waals surface area contributed by atoms with E-state index in [1.54, 1.807) is 121 Å². The predicted molar refractivity (Wildman–Crippen MR) is 254 cm³/mol. The van der Waals surface area contributed by atoms with Crippen LogP contribution in [0.15, 0.2) is 194 Å². The molecule has 8 aromatic carbocycles. The summed E-state index contributed by atoms with van der Waals surface area (Å²) in [4.78, 5) is 2.85. The summed E-state index contributed by atoms with van der Waals surface area (Å²) in [6, 6.07) is 57.0. The van der Waals surface area contributed by atoms with Gasteiger partial charge in [-0.05, 0) is 74.5 Å². The van der Waals surface area contributed by atoms with Crippen LogP contribution in [-0.4, -0.2) is 0 Å². The summed E-state index contributed by atoms with van der Waals surface area (Å²) in [5, 5.41) is 87.7. The summed E-state index contributed by atoms with van der Waals surface area (Å²) in [6.45, 7) is 6.94. The van der Waals surface area contributed by atoms with E-state index in [1.807, 2.05) is 62.4 Å². The van der Waals surface area contributed by atoms with Crippen molar-refractivity contribution in [2.45, 2.75) is 27.7 Å². The largest absolute Gasteiger partial charge is 2.00 e. The Morgan fingerprint density at radius 3 is 0.600 bits per heavy atom. The summed E-state index contributed by atoms with van der Waals surface area (Å²) < 4.78 is 0. The van der Waals surface area contributed by atoms with Gasteiger partial charge in [0.05, 0.1) is 12.1 Å². The number of rotatable bonds is 6. The van der Waals surface area contributed by atoms with Crippen LogP contribution in [0.1, 0.15) is 25.0 Å². The van der Waals surface area contributed by atoms with E-state index in [4.69, 9.17) is 22.0 Å². The van der Waals surface area contributed by atoms with Gasteiger partial charge in [-0.15, -0.1) is 0 Å². The Balaban J connectivity index is 0. The third-order valence-corrected chi connectivity index (χ3v) is 8.79. The van der Waals surface area contributed by atoms with Crippen molar-refractivity contribution in [3.8, 4) is 46.6 Å². The van der Waals surface area contributed by atoms with Gasteiger partial charge in [0, 0.05) is 96.5 Å². The molecule has 8 rings (SSSR count). The van der Waals surface area contributed by atoms with E-state index in [-0.39, 0.29) is 117 Å². The van der Waals surface area contributed by atoms with Crippen LogP contribution < -0.4 is 51.9 Å². The summed E-state index contributed by atoms with van der Waals surface area (Å²) in [6.07, 6.45) is 0. The molecule has 14 nitrogen and oxygen atoms in total. The zero-order valence-corrected chi connectivity index (χ0v) is 41.4. The van der Waals surface area contributed by atoms with Crippen molar-refractivity contribution in [2.24, 2.45) is 0 Å². The molecule has 0 fully saturated rings. The maximum Gasteiger partial charge on any atom is 0.0587 e. The van der Waals surface area contributed by atoms with E-state index < -0.39 is 0 Å². The zero-order valence-electron chi connectivity index (χ0n) is 38.6. The first-order valence-electron chi connectivity index (χ1n) is 20.2. The smallest absolute Gasteiger partial charge is 0.0587 e. The van der Waals surface area contributed by atoms with E-state index in [0.29, 0.717) is 0 Å². The second kappa shape index (κ2) is 34.2. The molecule has 0 saturated heterocycles. The van der Waals surface area contributed by atoms with Crippen molar-refractivity contribution in [1.82, 2.24) is 0 Å². The van der Waals surface area contributed by atoms with Gasteiger partial charge >= 0.3 is 0 Å². The van der Waals surface area contributed by atoms with Gasteiger partial charge in [0.25, 0.3) is 0 Å². The van der Waals surface area contributed by atoms with Crippen LogP contribution in [0.5, 0.6) is 34.5 Å². The van der Waals surface area contributed by atoms with Crippen molar-refractivity contribution < 1.29 is 78.7 Å². The van der Waals surface area contributed by atoms with Gasteiger partial charge in [0.1, 0.15) is 0 Å². The molecule has 0 heterocycles. The molecule has 362 valence electrons. The van der Waals surface area contributed by atoms with Gasteiger partial charge in [-0.25, -0.2) is 0 Å². The van der Waals surface area contributed by atoms with Crippen LogP contribution in [0.3, 0.4) is 0 Å². The third-order valence-electron chi connectivity index (χ3n) is 8.79. The number of nitriles is 2. The van der Waals surface area contributed by atoms with Crippen LogP contribution in [0.4, 0.5) is 45.5 Å². The maximum atomic E-state index is 12.2. The monoisotopic (exact) mass is 1010 g/mol. The number of hydrogen-bond acceptors (Lipinski definition) is 12. The number of hydrogen-bond donors (Lipinski definition) is 2. The molecule has 2 radical (unpaired) electrons. The van der Waals surface area contributed by atoms with Crippen LogP contribution in [-0.2, 0) is 48.1 Å². The zero-order chi connectivity index (χ0) is 48.4. The number of nitrogens with zero attached hydrogens (tertiary/aromatic N) is 4. The van der Waals surface area contributed by atoms with Gasteiger partial charge in [-0.2, -0.15) is 10.5 Å². The van der Waals surface area contributed by atoms with Crippen LogP contribution in [0.2, 0.25) is 0 Å². The Morgan fingerprint density at radius 1 is 0.329 bits per heavy atom. The average Bonchev–Trinajstić information content (AvgIpc) is 3.31. The van der Waals surface area contributed by atoms with Crippen LogP contribution in [0, 0.1) is 36.5 Å². The Morgan fingerprint density at radius 2 is 0.471 bits per heavy atom. The summed E-state index contributed by atoms with van der Waals surface area (Å²) in [5.74, 6) is -1.53. The normalized spacial score (nSPS) is 8.83. The molecule has 70 heavy (non-hydrogen) atoms. The summed E-state index contributed by atoms with van der Waals surface area (Å²) >= 11 is 0. The minimum absolute atomic E-state index is 0. The molecular formula is C54H48N6O8V2-10. The Kier molecular flexibility index (Phi) is 31.2. The first-order chi connectivity index (χ1) is 31.8. The first-order valence-corrected chi connectivity index (χ1v) is 20.2. The van der Waals surface area contributed by atoms with Gasteiger partial charge < -0.3 is 62.9 Å². The van der Waals surface area contributed by atoms with Crippen molar-refractivity contribution in [2.75, 3.05) is 21.3 Å². The number of benzene rings is 8. The molecule has 0 aliphatic heterocycles. The fourth-order valence-electron chi connectivity index (χ4n) is 5.76. The van der Waals surface area contributed by atoms with Gasteiger partial charge in [-0.1, -0.05) is 179 Å². The van der Waals surface area contributed by atoms with Crippen molar-refractivity contribution in [3.63, 3.8) is 0 Å². The minimum Gasteiger partial charge on any atom is -2.00 e. The van der Waals surface area contributed by atoms with Crippen molar-refractivity contribution in [3.05, 3.63) is 205 Å². The fourth-order valence-corrected chi connectivity index (χ4v) is 5.76. The van der Waals surface area contributed by atoms with Crippen molar-refractivity contribution in [1.29, 1.82) is 10.5 Å². The molecule has 0 aliphatic carbocycles. The van der Waals surface area contributed by atoms with E-state index in [0.717, 1.165) is 11.4 Å².